The Labute approximate surface area is 106 Å². The summed E-state index contributed by atoms with van der Waals surface area (Å²) >= 11 is 0. The van der Waals surface area contributed by atoms with Crippen molar-refractivity contribution in [2.45, 2.75) is 18.9 Å². The third kappa shape index (κ3) is 3.99. The van der Waals surface area contributed by atoms with Gasteiger partial charge in [0.15, 0.2) is 0 Å². The lowest BCUT2D eigenvalue weighted by molar-refractivity contribution is -0.148. The molecule has 7 heteroatoms. The molecule has 18 heavy (non-hydrogen) atoms. The molecular weight excluding hydrogens is 238 g/mol. The van der Waals surface area contributed by atoms with Gasteiger partial charge in [-0.25, -0.2) is 0 Å². The van der Waals surface area contributed by atoms with Crippen molar-refractivity contribution in [2.24, 2.45) is 0 Å². The van der Waals surface area contributed by atoms with Crippen LogP contribution in [0.5, 0.6) is 0 Å². The van der Waals surface area contributed by atoms with Gasteiger partial charge in [-0.15, -0.1) is 0 Å². The average molecular weight is 257 g/mol. The molecule has 0 saturated carbocycles. The zero-order valence-electron chi connectivity index (χ0n) is 10.7. The summed E-state index contributed by atoms with van der Waals surface area (Å²) in [6.45, 7) is 1.33. The van der Waals surface area contributed by atoms with E-state index in [4.69, 9.17) is 5.11 Å². The summed E-state index contributed by atoms with van der Waals surface area (Å²) in [4.78, 5) is 37.5. The highest BCUT2D eigenvalue weighted by atomic mass is 16.4. The molecule has 0 aromatic heterocycles. The van der Waals surface area contributed by atoms with Crippen LogP contribution < -0.4 is 5.32 Å². The fraction of sp³-hybridized carbons (Fsp3) is 0.727. The molecule has 0 aliphatic carbocycles. The molecule has 0 bridgehead atoms. The summed E-state index contributed by atoms with van der Waals surface area (Å²) in [7, 11) is 3.70. The van der Waals surface area contributed by atoms with E-state index in [0.29, 0.717) is 19.6 Å². The van der Waals surface area contributed by atoms with Gasteiger partial charge < -0.3 is 20.2 Å². The minimum absolute atomic E-state index is 0.176. The molecule has 1 unspecified atom stereocenters. The van der Waals surface area contributed by atoms with Crippen LogP contribution in [-0.4, -0.2) is 72.5 Å². The summed E-state index contributed by atoms with van der Waals surface area (Å²) in [6, 6.07) is -0.883. The number of carbonyl (C=O) groups excluding carboxylic acids is 2. The Morgan fingerprint density at radius 2 is 2.17 bits per heavy atom. The van der Waals surface area contributed by atoms with Gasteiger partial charge in [0.05, 0.1) is 6.42 Å². The second-order valence-electron chi connectivity index (χ2n) is 4.55. The lowest BCUT2D eigenvalue weighted by Crippen LogP contribution is -2.58. The lowest BCUT2D eigenvalue weighted by Gasteiger charge is -2.34. The maximum Gasteiger partial charge on any atom is 0.305 e. The summed E-state index contributed by atoms with van der Waals surface area (Å²) < 4.78 is 0. The first kappa shape index (κ1) is 14.4. The van der Waals surface area contributed by atoms with Crippen molar-refractivity contribution < 1.29 is 19.5 Å². The molecule has 102 valence electrons. The molecule has 1 fully saturated rings. The third-order valence-corrected chi connectivity index (χ3v) is 2.79. The quantitative estimate of drug-likeness (QED) is 0.641. The van der Waals surface area contributed by atoms with E-state index in [0.717, 1.165) is 0 Å². The Morgan fingerprint density at radius 3 is 2.72 bits per heavy atom. The Bertz CT molecular complexity index is 343. The minimum atomic E-state index is -1.08. The second kappa shape index (κ2) is 6.34. The molecule has 1 aliphatic rings. The van der Waals surface area contributed by atoms with Crippen LogP contribution in [0.25, 0.3) is 0 Å². The fourth-order valence-electron chi connectivity index (χ4n) is 1.84. The van der Waals surface area contributed by atoms with E-state index in [1.807, 2.05) is 19.0 Å². The molecule has 1 atom stereocenters. The van der Waals surface area contributed by atoms with Crippen LogP contribution in [0.15, 0.2) is 0 Å². The summed E-state index contributed by atoms with van der Waals surface area (Å²) in [5.74, 6) is -1.64. The molecule has 0 aromatic rings. The minimum Gasteiger partial charge on any atom is -0.481 e. The predicted octanol–water partition coefficient (Wildman–Crippen LogP) is -1.26. The van der Waals surface area contributed by atoms with E-state index in [1.165, 1.54) is 4.90 Å². The molecule has 2 amide bonds. The van der Waals surface area contributed by atoms with Crippen LogP contribution in [0, 0.1) is 0 Å². The molecule has 1 rings (SSSR count). The van der Waals surface area contributed by atoms with Gasteiger partial charge in [0.2, 0.25) is 11.8 Å². The van der Waals surface area contributed by atoms with Crippen LogP contribution in [0.2, 0.25) is 0 Å². The van der Waals surface area contributed by atoms with Crippen LogP contribution in [0.3, 0.4) is 0 Å². The Hall–Kier alpha value is -1.63. The van der Waals surface area contributed by atoms with Gasteiger partial charge in [-0.1, -0.05) is 0 Å². The van der Waals surface area contributed by atoms with Crippen LogP contribution >= 0.6 is 0 Å². The number of rotatable bonds is 5. The molecule has 0 aromatic carbocycles. The summed E-state index contributed by atoms with van der Waals surface area (Å²) in [6.07, 6.45) is -0.0596. The maximum absolute atomic E-state index is 12.0. The number of piperazine rings is 1. The maximum atomic E-state index is 12.0. The monoisotopic (exact) mass is 257 g/mol. The van der Waals surface area contributed by atoms with Gasteiger partial charge >= 0.3 is 5.97 Å². The summed E-state index contributed by atoms with van der Waals surface area (Å²) in [5.41, 5.74) is 0. The zero-order valence-corrected chi connectivity index (χ0v) is 10.7. The van der Waals surface area contributed by atoms with Crippen molar-refractivity contribution >= 4 is 17.8 Å². The average Bonchev–Trinajstić information content (AvgIpc) is 2.28. The van der Waals surface area contributed by atoms with E-state index in [-0.39, 0.29) is 24.7 Å². The van der Waals surface area contributed by atoms with Crippen LogP contribution in [0.1, 0.15) is 12.8 Å². The van der Waals surface area contributed by atoms with Gasteiger partial charge in [0.25, 0.3) is 0 Å². The van der Waals surface area contributed by atoms with E-state index in [9.17, 15) is 14.4 Å². The van der Waals surface area contributed by atoms with Crippen LogP contribution in [0.4, 0.5) is 0 Å². The Morgan fingerprint density at radius 1 is 1.50 bits per heavy atom. The molecule has 2 N–H and O–H groups in total. The number of amides is 2. The number of aliphatic carboxylic acids is 1. The third-order valence-electron chi connectivity index (χ3n) is 2.79. The number of hydrogen-bond acceptors (Lipinski definition) is 4. The first-order valence-corrected chi connectivity index (χ1v) is 5.85. The van der Waals surface area contributed by atoms with E-state index < -0.39 is 12.0 Å². The molecular formula is C11H19N3O4. The SMILES string of the molecule is CN(C)CCC(=O)N1CCNC(=O)C1CC(=O)O. The number of carboxylic acids is 1. The number of nitrogens with one attached hydrogen (secondary N) is 1. The van der Waals surface area contributed by atoms with Crippen molar-refractivity contribution in [3.63, 3.8) is 0 Å². The Balaban J connectivity index is 2.66. The number of hydrogen-bond donors (Lipinski definition) is 2. The van der Waals surface area contributed by atoms with Gasteiger partial charge in [-0.05, 0) is 14.1 Å². The lowest BCUT2D eigenvalue weighted by atomic mass is 10.1. The number of carbonyl (C=O) groups is 3. The molecule has 1 saturated heterocycles. The smallest absolute Gasteiger partial charge is 0.305 e. The second-order valence-corrected chi connectivity index (χ2v) is 4.55. The summed E-state index contributed by atoms with van der Waals surface area (Å²) in [5, 5.41) is 11.4. The predicted molar refractivity (Wildman–Crippen MR) is 63.9 cm³/mol. The molecule has 0 spiro atoms. The highest BCUT2D eigenvalue weighted by Crippen LogP contribution is 2.10. The molecule has 1 heterocycles. The van der Waals surface area contributed by atoms with E-state index in [1.54, 1.807) is 0 Å². The van der Waals surface area contributed by atoms with Crippen molar-refractivity contribution in [3.05, 3.63) is 0 Å². The topological polar surface area (TPSA) is 90.0 Å². The molecule has 1 aliphatic heterocycles. The fourth-order valence-corrected chi connectivity index (χ4v) is 1.84. The van der Waals surface area contributed by atoms with Crippen molar-refractivity contribution in [1.29, 1.82) is 0 Å². The van der Waals surface area contributed by atoms with Gasteiger partial charge in [-0.3, -0.25) is 14.4 Å². The Kier molecular flexibility index (Phi) is 5.08. The van der Waals surface area contributed by atoms with E-state index >= 15 is 0 Å². The molecule has 0 radical (unpaired) electrons. The first-order chi connectivity index (χ1) is 8.41. The van der Waals surface area contributed by atoms with Crippen molar-refractivity contribution in [1.82, 2.24) is 15.1 Å². The largest absolute Gasteiger partial charge is 0.481 e. The number of nitrogens with zero attached hydrogens (tertiary/aromatic N) is 2. The van der Waals surface area contributed by atoms with Crippen molar-refractivity contribution in [2.75, 3.05) is 33.7 Å². The van der Waals surface area contributed by atoms with E-state index in [2.05, 4.69) is 5.32 Å². The first-order valence-electron chi connectivity index (χ1n) is 5.85. The molecule has 7 nitrogen and oxygen atoms in total. The van der Waals surface area contributed by atoms with Gasteiger partial charge in [-0.2, -0.15) is 0 Å². The highest BCUT2D eigenvalue weighted by molar-refractivity contribution is 5.91. The standard InChI is InChI=1S/C11H19N3O4/c1-13(2)5-3-9(15)14-6-4-12-11(18)8(14)7-10(16)17/h8H,3-7H2,1-2H3,(H,12,18)(H,16,17). The van der Waals surface area contributed by atoms with Gasteiger partial charge in [0.1, 0.15) is 6.04 Å². The van der Waals surface area contributed by atoms with Crippen molar-refractivity contribution in [3.8, 4) is 0 Å². The van der Waals surface area contributed by atoms with Gasteiger partial charge in [0, 0.05) is 26.1 Å². The zero-order chi connectivity index (χ0) is 13.7. The van der Waals surface area contributed by atoms with Crippen LogP contribution in [-0.2, 0) is 14.4 Å². The normalized spacial score (nSPS) is 19.8. The number of carboxylic acid groups (broad SMARTS) is 1. The highest BCUT2D eigenvalue weighted by Gasteiger charge is 2.34.